The zero-order chi connectivity index (χ0) is 24.6. The van der Waals surface area contributed by atoms with E-state index in [-0.39, 0.29) is 24.4 Å². The van der Waals surface area contributed by atoms with E-state index in [1.165, 1.54) is 6.07 Å². The Balaban J connectivity index is 1.46. The van der Waals surface area contributed by atoms with Crippen molar-refractivity contribution in [2.24, 2.45) is 5.92 Å². The normalized spacial score (nSPS) is 20.6. The average Bonchev–Trinajstić information content (AvgIpc) is 2.88. The highest BCUT2D eigenvalue weighted by Crippen LogP contribution is 2.40. The van der Waals surface area contributed by atoms with Gasteiger partial charge in [-0.25, -0.2) is 0 Å². The number of hydrogen-bond donors (Lipinski definition) is 1. The number of hydrogen-bond acceptors (Lipinski definition) is 3. The lowest BCUT2D eigenvalue weighted by atomic mass is 9.82. The van der Waals surface area contributed by atoms with Crippen molar-refractivity contribution in [3.8, 4) is 0 Å². The van der Waals surface area contributed by atoms with Gasteiger partial charge >= 0.3 is 6.18 Å². The maximum atomic E-state index is 13.6. The number of piperazine rings is 1. The quantitative estimate of drug-likeness (QED) is 0.541. The Labute approximate surface area is 203 Å². The molecule has 3 aromatic carbocycles. The van der Waals surface area contributed by atoms with Crippen molar-refractivity contribution < 1.29 is 18.0 Å². The highest BCUT2D eigenvalue weighted by Gasteiger charge is 2.43. The first-order valence-electron chi connectivity index (χ1n) is 11.9. The fourth-order valence-electron chi connectivity index (χ4n) is 5.32. The number of halogens is 3. The van der Waals surface area contributed by atoms with Gasteiger partial charge in [0.05, 0.1) is 23.6 Å². The number of para-hydroxylation sites is 1. The number of carbonyl (C=O) groups is 1. The van der Waals surface area contributed by atoms with Gasteiger partial charge in [0.1, 0.15) is 0 Å². The number of benzene rings is 3. The topological polar surface area (TPSA) is 35.6 Å². The third kappa shape index (κ3) is 4.72. The maximum absolute atomic E-state index is 13.6. The fraction of sp³-hybridized carbons (Fsp3) is 0.321. The molecule has 1 amide bonds. The van der Waals surface area contributed by atoms with Gasteiger partial charge in [-0.1, -0.05) is 48.5 Å². The van der Waals surface area contributed by atoms with Crippen LogP contribution in [-0.4, -0.2) is 31.6 Å². The summed E-state index contributed by atoms with van der Waals surface area (Å²) in [7, 11) is 0. The molecule has 3 aromatic rings. The highest BCUT2D eigenvalue weighted by atomic mass is 19.4. The first-order valence-corrected chi connectivity index (χ1v) is 11.9. The van der Waals surface area contributed by atoms with E-state index in [4.69, 9.17) is 0 Å². The molecule has 5 rings (SSSR count). The van der Waals surface area contributed by atoms with Gasteiger partial charge in [-0.05, 0) is 54.8 Å². The van der Waals surface area contributed by atoms with Gasteiger partial charge in [0.15, 0.2) is 0 Å². The lowest BCUT2D eigenvalue weighted by Gasteiger charge is -2.50. The molecule has 0 aliphatic carbocycles. The van der Waals surface area contributed by atoms with Gasteiger partial charge in [0.25, 0.3) is 0 Å². The summed E-state index contributed by atoms with van der Waals surface area (Å²) in [5.41, 5.74) is 2.78. The average molecular weight is 480 g/mol. The molecule has 1 N–H and O–H groups in total. The first kappa shape index (κ1) is 23.3. The van der Waals surface area contributed by atoms with E-state index in [1.807, 2.05) is 55.5 Å². The molecule has 35 heavy (non-hydrogen) atoms. The minimum atomic E-state index is -4.42. The molecule has 3 atom stereocenters. The fourth-order valence-corrected chi connectivity index (χ4v) is 5.32. The van der Waals surface area contributed by atoms with E-state index in [0.717, 1.165) is 29.5 Å². The second-order valence-corrected chi connectivity index (χ2v) is 9.34. The summed E-state index contributed by atoms with van der Waals surface area (Å²) in [6.45, 7) is 3.93. The summed E-state index contributed by atoms with van der Waals surface area (Å²) >= 11 is 0. The lowest BCUT2D eigenvalue weighted by molar-refractivity contribution is -0.137. The van der Waals surface area contributed by atoms with Gasteiger partial charge in [0, 0.05) is 31.0 Å². The molecule has 2 heterocycles. The van der Waals surface area contributed by atoms with Crippen molar-refractivity contribution in [3.63, 3.8) is 0 Å². The number of nitrogens with zero attached hydrogens (tertiary/aromatic N) is 2. The van der Waals surface area contributed by atoms with E-state index in [2.05, 4.69) is 27.2 Å². The molecule has 0 aromatic heterocycles. The van der Waals surface area contributed by atoms with E-state index in [9.17, 15) is 18.0 Å². The molecule has 7 heteroatoms. The van der Waals surface area contributed by atoms with Crippen molar-refractivity contribution in [2.75, 3.05) is 29.4 Å². The zero-order valence-corrected chi connectivity index (χ0v) is 19.5. The predicted octanol–water partition coefficient (Wildman–Crippen LogP) is 5.45. The molecular weight excluding hydrogens is 451 g/mol. The van der Waals surface area contributed by atoms with E-state index in [1.54, 1.807) is 6.07 Å². The van der Waals surface area contributed by atoms with Crippen molar-refractivity contribution in [3.05, 3.63) is 95.6 Å². The number of amides is 1. The molecule has 0 spiro atoms. The highest BCUT2D eigenvalue weighted by molar-refractivity contribution is 5.83. The molecular formula is C28H28F3N3O. The molecule has 0 radical (unpaired) electrons. The second kappa shape index (κ2) is 9.29. The summed E-state index contributed by atoms with van der Waals surface area (Å²) in [6.07, 6.45) is -4.14. The summed E-state index contributed by atoms with van der Waals surface area (Å²) in [4.78, 5) is 18.0. The van der Waals surface area contributed by atoms with Crippen LogP contribution in [0.2, 0.25) is 0 Å². The van der Waals surface area contributed by atoms with Crippen LogP contribution in [0, 0.1) is 5.92 Å². The van der Waals surface area contributed by atoms with E-state index in [0.29, 0.717) is 18.7 Å². The van der Waals surface area contributed by atoms with Gasteiger partial charge < -0.3 is 15.1 Å². The van der Waals surface area contributed by atoms with Crippen LogP contribution in [0.1, 0.15) is 29.7 Å². The lowest BCUT2D eigenvalue weighted by Crippen LogP contribution is -2.61. The maximum Gasteiger partial charge on any atom is 0.416 e. The summed E-state index contributed by atoms with van der Waals surface area (Å²) in [5.74, 6) is -0.599. The van der Waals surface area contributed by atoms with E-state index < -0.39 is 17.7 Å². The minimum absolute atomic E-state index is 0.130. The molecule has 0 unspecified atom stereocenters. The van der Waals surface area contributed by atoms with Crippen molar-refractivity contribution in [1.29, 1.82) is 0 Å². The Morgan fingerprint density at radius 2 is 1.66 bits per heavy atom. The van der Waals surface area contributed by atoms with Crippen molar-refractivity contribution >= 4 is 17.3 Å². The van der Waals surface area contributed by atoms with Gasteiger partial charge in [-0.3, -0.25) is 4.79 Å². The Bertz CT molecular complexity index is 1180. The van der Waals surface area contributed by atoms with Crippen molar-refractivity contribution in [1.82, 2.24) is 5.32 Å². The van der Waals surface area contributed by atoms with Crippen LogP contribution in [0.15, 0.2) is 78.9 Å². The Morgan fingerprint density at radius 1 is 0.971 bits per heavy atom. The summed E-state index contributed by atoms with van der Waals surface area (Å²) in [6, 6.07) is 23.3. The van der Waals surface area contributed by atoms with Crippen LogP contribution in [0.5, 0.6) is 0 Å². The summed E-state index contributed by atoms with van der Waals surface area (Å²) < 4.78 is 40.3. The van der Waals surface area contributed by atoms with Crippen LogP contribution in [0.3, 0.4) is 0 Å². The number of alkyl halides is 3. The molecule has 0 bridgehead atoms. The van der Waals surface area contributed by atoms with Gasteiger partial charge in [-0.2, -0.15) is 13.2 Å². The number of nitrogens with one attached hydrogen (secondary N) is 1. The largest absolute Gasteiger partial charge is 0.416 e. The van der Waals surface area contributed by atoms with Crippen LogP contribution in [0.25, 0.3) is 0 Å². The predicted molar refractivity (Wildman–Crippen MR) is 131 cm³/mol. The SMILES string of the molecule is C[C@@H](NC(=O)[C@H]1Cc2cc(C(F)(F)F)ccc2N2CCN(c3ccccc3)C[C@@H]12)c1ccccc1. The Kier molecular flexibility index (Phi) is 6.17. The Hall–Kier alpha value is -3.48. The third-order valence-corrected chi connectivity index (χ3v) is 7.16. The molecule has 2 aliphatic rings. The van der Waals surface area contributed by atoms with E-state index >= 15 is 0 Å². The standard InChI is InChI=1S/C28H28F3N3O/c1-19(20-8-4-2-5-9-20)32-27(35)24-17-21-16-22(28(29,30)31)12-13-25(21)34-15-14-33(18-26(24)34)23-10-6-3-7-11-23/h2-13,16,19,24,26H,14-15,17-18H2,1H3,(H,32,35)/t19-,24+,26+/m1/s1. The molecule has 1 fully saturated rings. The number of rotatable bonds is 4. The monoisotopic (exact) mass is 479 g/mol. The number of fused-ring (bicyclic) bond motifs is 3. The van der Waals surface area contributed by atoms with Gasteiger partial charge in [-0.15, -0.1) is 0 Å². The summed E-state index contributed by atoms with van der Waals surface area (Å²) in [5, 5.41) is 3.12. The molecule has 182 valence electrons. The number of anilines is 2. The minimum Gasteiger partial charge on any atom is -0.368 e. The smallest absolute Gasteiger partial charge is 0.368 e. The number of carbonyl (C=O) groups excluding carboxylic acids is 1. The van der Waals surface area contributed by atoms with Crippen LogP contribution in [0.4, 0.5) is 24.5 Å². The molecule has 1 saturated heterocycles. The molecule has 4 nitrogen and oxygen atoms in total. The molecule has 2 aliphatic heterocycles. The second-order valence-electron chi connectivity index (χ2n) is 9.34. The molecule has 0 saturated carbocycles. The van der Waals surface area contributed by atoms with Gasteiger partial charge in [0.2, 0.25) is 5.91 Å². The third-order valence-electron chi connectivity index (χ3n) is 7.16. The zero-order valence-electron chi connectivity index (χ0n) is 19.5. The van der Waals surface area contributed by atoms with Crippen LogP contribution < -0.4 is 15.1 Å². The van der Waals surface area contributed by atoms with Crippen LogP contribution >= 0.6 is 0 Å². The van der Waals surface area contributed by atoms with Crippen molar-refractivity contribution in [2.45, 2.75) is 31.6 Å². The first-order chi connectivity index (χ1) is 16.8. The van der Waals surface area contributed by atoms with Crippen LogP contribution in [-0.2, 0) is 17.4 Å². The Morgan fingerprint density at radius 3 is 2.34 bits per heavy atom.